The number of thioether (sulfide) groups is 1. The minimum atomic E-state index is -4.54. The average Bonchev–Trinajstić information content (AvgIpc) is 3.27. The molecule has 0 radical (unpaired) electrons. The molecule has 3 aromatic rings. The van der Waals surface area contributed by atoms with E-state index in [4.69, 9.17) is 4.74 Å². The largest absolute Gasteiger partial charge is 0.495 e. The quantitative estimate of drug-likeness (QED) is 0.181. The molecule has 2 saturated heterocycles. The van der Waals surface area contributed by atoms with E-state index in [-0.39, 0.29) is 54.4 Å². The van der Waals surface area contributed by atoms with Crippen molar-refractivity contribution in [3.8, 4) is 17.6 Å². The number of β-amino-alcohol motifs (C(OH)–C–C–N with tert-alkyl or cyclic N) is 1. The summed E-state index contributed by atoms with van der Waals surface area (Å²) in [7, 11) is 1.46. The number of benzene rings is 1. The summed E-state index contributed by atoms with van der Waals surface area (Å²) in [5, 5.41) is 19.1. The Morgan fingerprint density at radius 2 is 2.05 bits per heavy atom. The van der Waals surface area contributed by atoms with Crippen LogP contribution in [-0.4, -0.2) is 83.5 Å². The molecule has 2 aliphatic heterocycles. The summed E-state index contributed by atoms with van der Waals surface area (Å²) in [6.45, 7) is 3.11. The van der Waals surface area contributed by atoms with Gasteiger partial charge in [-0.05, 0) is 56.3 Å². The molecule has 5 rings (SSSR count). The Morgan fingerprint density at radius 3 is 2.74 bits per heavy atom. The second kappa shape index (κ2) is 11.9. The summed E-state index contributed by atoms with van der Waals surface area (Å²) >= 11 is -0.251. The maximum Gasteiger partial charge on any atom is 0.447 e. The summed E-state index contributed by atoms with van der Waals surface area (Å²) < 4.78 is 61.8. The lowest BCUT2D eigenvalue weighted by Crippen LogP contribution is -2.61. The van der Waals surface area contributed by atoms with Gasteiger partial charge in [0.2, 0.25) is 0 Å². The highest BCUT2D eigenvalue weighted by Gasteiger charge is 2.39. The zero-order chi connectivity index (χ0) is 30.1. The SMILES string of the molecule is COc1cc(C(=O)N2CC(C)(O)C2)ccc1NCC#Cc1cc2c(N[C@@H]3CCNC[C@@H]3F)cccn2c1SC(F)(F)F. The molecule has 0 bridgehead atoms. The van der Waals surface area contributed by atoms with E-state index >= 15 is 0 Å². The molecule has 2 aliphatic rings. The lowest BCUT2D eigenvalue weighted by molar-refractivity contribution is -0.0668. The Kier molecular flexibility index (Phi) is 8.50. The van der Waals surface area contributed by atoms with Crippen LogP contribution in [0.2, 0.25) is 0 Å². The molecule has 13 heteroatoms. The Balaban J connectivity index is 1.34. The van der Waals surface area contributed by atoms with Crippen LogP contribution in [0.15, 0.2) is 47.6 Å². The van der Waals surface area contributed by atoms with Crippen molar-refractivity contribution in [2.75, 3.05) is 50.5 Å². The predicted molar refractivity (Wildman–Crippen MR) is 154 cm³/mol. The first-order valence-electron chi connectivity index (χ1n) is 13.4. The van der Waals surface area contributed by atoms with Gasteiger partial charge in [0, 0.05) is 30.1 Å². The number of amides is 1. The molecule has 8 nitrogen and oxygen atoms in total. The molecule has 0 unspecified atom stereocenters. The number of nitrogens with zero attached hydrogens (tertiary/aromatic N) is 2. The van der Waals surface area contributed by atoms with Gasteiger partial charge in [-0.2, -0.15) is 13.2 Å². The molecule has 2 fully saturated rings. The Bertz CT molecular complexity index is 1520. The van der Waals surface area contributed by atoms with Crippen LogP contribution in [0.25, 0.3) is 5.52 Å². The lowest BCUT2D eigenvalue weighted by Gasteiger charge is -2.44. The fourth-order valence-electron chi connectivity index (χ4n) is 5.13. The standard InChI is InChI=1S/C29H31F4N5O3S/c1-28(40)16-37(17-28)26(39)18-7-8-23(25(14-18)41-2)35-10-3-5-19-13-24-22(36-21-9-11-34-15-20(21)30)6-4-12-38(24)27(19)42-29(31,32)33/h4,6-8,12-14,20-21,34-36,40H,9-11,15-17H2,1-2H3/t20-,21+/m0/s1. The third-order valence-corrected chi connectivity index (χ3v) is 7.96. The number of methoxy groups -OCH3 is 1. The number of fused-ring (bicyclic) bond motifs is 1. The minimum Gasteiger partial charge on any atom is -0.495 e. The molecule has 2 aromatic heterocycles. The number of carbonyl (C=O) groups excluding carboxylic acids is 1. The van der Waals surface area contributed by atoms with Crippen LogP contribution in [0, 0.1) is 11.8 Å². The van der Waals surface area contributed by atoms with Gasteiger partial charge < -0.3 is 35.1 Å². The highest BCUT2D eigenvalue weighted by Crippen LogP contribution is 2.41. The maximum atomic E-state index is 14.4. The number of ether oxygens (including phenoxy) is 1. The third kappa shape index (κ3) is 6.72. The Hall–Kier alpha value is -3.60. The molecular formula is C29H31F4N5O3S. The summed E-state index contributed by atoms with van der Waals surface area (Å²) in [5.41, 5.74) is -3.27. The number of hydrogen-bond donors (Lipinski definition) is 4. The van der Waals surface area contributed by atoms with E-state index in [1.54, 1.807) is 43.3 Å². The van der Waals surface area contributed by atoms with Crippen LogP contribution in [0.5, 0.6) is 5.75 Å². The lowest BCUT2D eigenvalue weighted by atomic mass is 9.96. The van der Waals surface area contributed by atoms with Crippen LogP contribution in [0.3, 0.4) is 0 Å². The van der Waals surface area contributed by atoms with E-state index in [9.17, 15) is 27.5 Å². The molecule has 0 spiro atoms. The summed E-state index contributed by atoms with van der Waals surface area (Å²) in [5.74, 6) is 5.90. The van der Waals surface area contributed by atoms with Crippen LogP contribution in [0.4, 0.5) is 28.9 Å². The first kappa shape index (κ1) is 29.9. The number of hydrogen-bond acceptors (Lipinski definition) is 7. The monoisotopic (exact) mass is 605 g/mol. The number of aliphatic hydroxyl groups is 1. The van der Waals surface area contributed by atoms with Crippen LogP contribution >= 0.6 is 11.8 Å². The molecule has 1 aromatic carbocycles. The number of aromatic nitrogens is 1. The number of alkyl halides is 4. The van der Waals surface area contributed by atoms with E-state index < -0.39 is 23.3 Å². The molecule has 4 N–H and O–H groups in total. The molecular weight excluding hydrogens is 574 g/mol. The fourth-order valence-corrected chi connectivity index (χ4v) is 5.83. The van der Waals surface area contributed by atoms with E-state index in [0.29, 0.717) is 41.2 Å². The van der Waals surface area contributed by atoms with E-state index in [2.05, 4.69) is 27.8 Å². The van der Waals surface area contributed by atoms with Crippen molar-refractivity contribution >= 4 is 34.6 Å². The molecule has 224 valence electrons. The number of rotatable bonds is 7. The number of carbonyl (C=O) groups is 1. The van der Waals surface area contributed by atoms with Gasteiger partial charge in [0.15, 0.2) is 0 Å². The summed E-state index contributed by atoms with van der Waals surface area (Å²) in [6, 6.07) is 9.34. The van der Waals surface area contributed by atoms with E-state index in [1.165, 1.54) is 22.6 Å². The predicted octanol–water partition coefficient (Wildman–Crippen LogP) is 4.34. The van der Waals surface area contributed by atoms with Gasteiger partial charge in [0.25, 0.3) is 5.91 Å². The average molecular weight is 606 g/mol. The van der Waals surface area contributed by atoms with Gasteiger partial charge in [0.05, 0.1) is 60.8 Å². The smallest absolute Gasteiger partial charge is 0.447 e. The first-order chi connectivity index (χ1) is 19.9. The fraction of sp³-hybridized carbons (Fsp3) is 0.414. The first-order valence-corrected chi connectivity index (χ1v) is 14.2. The second-order valence-electron chi connectivity index (χ2n) is 10.6. The molecule has 0 aliphatic carbocycles. The highest BCUT2D eigenvalue weighted by atomic mass is 32.2. The number of anilines is 2. The second-order valence-corrected chi connectivity index (χ2v) is 11.6. The zero-order valence-electron chi connectivity index (χ0n) is 23.0. The van der Waals surface area contributed by atoms with Gasteiger partial charge in [-0.3, -0.25) is 4.79 Å². The van der Waals surface area contributed by atoms with Crippen molar-refractivity contribution in [1.82, 2.24) is 14.6 Å². The van der Waals surface area contributed by atoms with Gasteiger partial charge >= 0.3 is 5.51 Å². The molecule has 2 atom stereocenters. The number of likely N-dealkylation sites (tertiary alicyclic amines) is 1. The minimum absolute atomic E-state index is 0.0822. The van der Waals surface area contributed by atoms with E-state index in [0.717, 1.165) is 0 Å². The van der Waals surface area contributed by atoms with Crippen molar-refractivity contribution in [3.63, 3.8) is 0 Å². The zero-order valence-corrected chi connectivity index (χ0v) is 23.8. The van der Waals surface area contributed by atoms with Crippen molar-refractivity contribution in [2.45, 2.75) is 41.7 Å². The number of pyridine rings is 1. The molecule has 42 heavy (non-hydrogen) atoms. The number of nitrogens with one attached hydrogen (secondary N) is 3. The van der Waals surface area contributed by atoms with Gasteiger partial charge in [0.1, 0.15) is 16.9 Å². The number of halogens is 4. The van der Waals surface area contributed by atoms with Gasteiger partial charge in [-0.15, -0.1) is 0 Å². The number of piperidine rings is 1. The van der Waals surface area contributed by atoms with Gasteiger partial charge in [-0.1, -0.05) is 11.8 Å². The topological polar surface area (TPSA) is 90.3 Å². The van der Waals surface area contributed by atoms with Crippen LogP contribution < -0.4 is 20.7 Å². The van der Waals surface area contributed by atoms with E-state index in [1.807, 2.05) is 0 Å². The molecule has 0 saturated carbocycles. The molecule has 1 amide bonds. The highest BCUT2D eigenvalue weighted by molar-refractivity contribution is 8.00. The maximum absolute atomic E-state index is 14.4. The van der Waals surface area contributed by atoms with Gasteiger partial charge in [-0.25, -0.2) is 4.39 Å². The normalized spacial score (nSPS) is 19.9. The molecule has 4 heterocycles. The summed E-state index contributed by atoms with van der Waals surface area (Å²) in [4.78, 5) is 14.2. The van der Waals surface area contributed by atoms with Crippen molar-refractivity contribution < 1.29 is 32.2 Å². The third-order valence-electron chi connectivity index (χ3n) is 7.11. The van der Waals surface area contributed by atoms with Crippen molar-refractivity contribution in [2.24, 2.45) is 0 Å². The van der Waals surface area contributed by atoms with Crippen molar-refractivity contribution in [1.29, 1.82) is 0 Å². The van der Waals surface area contributed by atoms with Crippen LogP contribution in [0.1, 0.15) is 29.3 Å². The van der Waals surface area contributed by atoms with Crippen LogP contribution in [-0.2, 0) is 0 Å². The summed E-state index contributed by atoms with van der Waals surface area (Å²) in [6.07, 6.45) is 0.951. The van der Waals surface area contributed by atoms with Crippen molar-refractivity contribution in [3.05, 3.63) is 53.7 Å². The Morgan fingerprint density at radius 1 is 1.26 bits per heavy atom. The Labute approximate surface area is 244 Å².